The summed E-state index contributed by atoms with van der Waals surface area (Å²) in [7, 11) is 0.274. The zero-order valence-electron chi connectivity index (χ0n) is 17.4. The number of nitrogens with zero attached hydrogens (tertiary/aromatic N) is 2. The van der Waals surface area contributed by atoms with E-state index in [-0.39, 0.29) is 35.3 Å². The predicted molar refractivity (Wildman–Crippen MR) is 110 cm³/mol. The Hall–Kier alpha value is -1.51. The fraction of sp³-hybridized carbons (Fsp3) is 0.667. The topological polar surface area (TPSA) is 69.7 Å². The quantitative estimate of drug-likeness (QED) is 0.761. The van der Waals surface area contributed by atoms with Crippen LogP contribution in [0.4, 0.5) is 4.39 Å². The number of sulfonamides is 1. The van der Waals surface area contributed by atoms with Crippen LogP contribution in [-0.2, 0) is 14.8 Å². The Morgan fingerprint density at radius 3 is 2.38 bits per heavy atom. The van der Waals surface area contributed by atoms with Crippen LogP contribution in [0.1, 0.15) is 44.9 Å². The molecule has 1 aliphatic carbocycles. The van der Waals surface area contributed by atoms with E-state index in [4.69, 9.17) is 0 Å². The maximum atomic E-state index is 13.9. The van der Waals surface area contributed by atoms with Gasteiger partial charge in [0.2, 0.25) is 15.9 Å². The highest BCUT2D eigenvalue weighted by molar-refractivity contribution is 7.89. The second-order valence-corrected chi connectivity index (χ2v) is 10.4. The van der Waals surface area contributed by atoms with E-state index < -0.39 is 15.8 Å². The lowest BCUT2D eigenvalue weighted by Crippen LogP contribution is -2.55. The van der Waals surface area contributed by atoms with Gasteiger partial charge in [0.25, 0.3) is 0 Å². The minimum Gasteiger partial charge on any atom is -0.354 e. The highest BCUT2D eigenvalue weighted by atomic mass is 32.2. The Labute approximate surface area is 173 Å². The fourth-order valence-electron chi connectivity index (χ4n) is 4.54. The van der Waals surface area contributed by atoms with Crippen molar-refractivity contribution in [3.8, 4) is 0 Å². The van der Waals surface area contributed by atoms with Crippen LogP contribution in [0, 0.1) is 11.7 Å². The molecule has 0 bridgehead atoms. The molecule has 0 atom stereocenters. The molecule has 0 radical (unpaired) electrons. The van der Waals surface area contributed by atoms with E-state index in [2.05, 4.69) is 24.3 Å². The fourth-order valence-corrected chi connectivity index (χ4v) is 6.07. The molecule has 1 heterocycles. The van der Waals surface area contributed by atoms with Crippen molar-refractivity contribution in [3.63, 3.8) is 0 Å². The van der Waals surface area contributed by atoms with Crippen LogP contribution in [0.2, 0.25) is 0 Å². The molecule has 8 heteroatoms. The molecule has 0 aromatic heterocycles. The Bertz CT molecular complexity index is 814. The van der Waals surface area contributed by atoms with Gasteiger partial charge in [0.15, 0.2) is 0 Å². The average molecular weight is 426 g/mol. The molecule has 1 N–H and O–H groups in total. The first-order chi connectivity index (χ1) is 13.8. The summed E-state index contributed by atoms with van der Waals surface area (Å²) in [6.07, 6.45) is 6.68. The molecule has 1 amide bonds. The van der Waals surface area contributed by atoms with Gasteiger partial charge in [0.1, 0.15) is 10.7 Å². The Morgan fingerprint density at radius 1 is 1.17 bits per heavy atom. The molecule has 1 aromatic carbocycles. The lowest BCUT2D eigenvalue weighted by atomic mass is 9.80. The molecule has 0 unspecified atom stereocenters. The molecule has 0 spiro atoms. The van der Waals surface area contributed by atoms with Gasteiger partial charge in [-0.05, 0) is 51.9 Å². The number of hydrogen-bond acceptors (Lipinski definition) is 4. The van der Waals surface area contributed by atoms with Crippen LogP contribution in [0.15, 0.2) is 29.2 Å². The molecule has 162 valence electrons. The number of amides is 1. The molecule has 2 aliphatic rings. The van der Waals surface area contributed by atoms with E-state index in [1.807, 2.05) is 0 Å². The monoisotopic (exact) mass is 425 g/mol. The standard InChI is InChI=1S/C21H32FN3O3S/c1-24(2)21(12-6-3-7-13-21)16-23-20(26)17-10-14-25(15-11-17)29(27,28)19-9-5-4-8-18(19)22/h4-5,8-9,17H,3,6-7,10-16H2,1-2H3,(H,23,26). The van der Waals surface area contributed by atoms with Crippen molar-refractivity contribution in [2.75, 3.05) is 33.7 Å². The van der Waals surface area contributed by atoms with E-state index in [0.29, 0.717) is 19.4 Å². The lowest BCUT2D eigenvalue weighted by molar-refractivity contribution is -0.126. The average Bonchev–Trinajstić information content (AvgIpc) is 2.73. The lowest BCUT2D eigenvalue weighted by Gasteiger charge is -2.43. The molecule has 6 nitrogen and oxygen atoms in total. The predicted octanol–water partition coefficient (Wildman–Crippen LogP) is 2.61. The summed E-state index contributed by atoms with van der Waals surface area (Å²) < 4.78 is 40.7. The minimum atomic E-state index is -3.87. The molecule has 1 aliphatic heterocycles. The van der Waals surface area contributed by atoms with Crippen LogP contribution in [0.3, 0.4) is 0 Å². The number of carbonyl (C=O) groups excluding carboxylic acids is 1. The van der Waals surface area contributed by atoms with Gasteiger partial charge in [-0.2, -0.15) is 4.31 Å². The number of halogens is 1. The maximum Gasteiger partial charge on any atom is 0.245 e. The van der Waals surface area contributed by atoms with Crippen LogP contribution < -0.4 is 5.32 Å². The first-order valence-electron chi connectivity index (χ1n) is 10.5. The van der Waals surface area contributed by atoms with E-state index in [9.17, 15) is 17.6 Å². The van der Waals surface area contributed by atoms with Gasteiger partial charge in [-0.15, -0.1) is 0 Å². The number of rotatable bonds is 6. The van der Waals surface area contributed by atoms with E-state index >= 15 is 0 Å². The molecular weight excluding hydrogens is 393 g/mol. The summed E-state index contributed by atoms with van der Waals surface area (Å²) in [4.78, 5) is 14.7. The highest BCUT2D eigenvalue weighted by Crippen LogP contribution is 2.32. The Kier molecular flexibility index (Phi) is 6.96. The van der Waals surface area contributed by atoms with Gasteiger partial charge in [0, 0.05) is 31.1 Å². The molecule has 2 fully saturated rings. The van der Waals surface area contributed by atoms with E-state index in [1.165, 1.54) is 41.8 Å². The summed E-state index contributed by atoms with van der Waals surface area (Å²) in [5.41, 5.74) is 0.0167. The van der Waals surface area contributed by atoms with Gasteiger partial charge in [-0.3, -0.25) is 4.79 Å². The third-order valence-corrected chi connectivity index (χ3v) is 8.54. The molecular formula is C21H32FN3O3S. The maximum absolute atomic E-state index is 13.9. The molecule has 29 heavy (non-hydrogen) atoms. The normalized spacial score (nSPS) is 21.2. The number of benzene rings is 1. The summed E-state index contributed by atoms with van der Waals surface area (Å²) in [5, 5.41) is 3.13. The van der Waals surface area contributed by atoms with Crippen LogP contribution in [0.25, 0.3) is 0 Å². The minimum absolute atomic E-state index is 0.000243. The summed E-state index contributed by atoms with van der Waals surface area (Å²) in [6.45, 7) is 1.09. The summed E-state index contributed by atoms with van der Waals surface area (Å²) in [5.74, 6) is -0.946. The smallest absolute Gasteiger partial charge is 0.245 e. The number of piperidine rings is 1. The van der Waals surface area contributed by atoms with E-state index in [1.54, 1.807) is 0 Å². The Balaban J connectivity index is 1.56. The van der Waals surface area contributed by atoms with Gasteiger partial charge < -0.3 is 10.2 Å². The second-order valence-electron chi connectivity index (χ2n) is 8.51. The van der Waals surface area contributed by atoms with Crippen molar-refractivity contribution in [2.24, 2.45) is 5.92 Å². The van der Waals surface area contributed by atoms with Crippen molar-refractivity contribution >= 4 is 15.9 Å². The van der Waals surface area contributed by atoms with Crippen molar-refractivity contribution in [1.29, 1.82) is 0 Å². The number of carbonyl (C=O) groups is 1. The third kappa shape index (κ3) is 4.81. The van der Waals surface area contributed by atoms with E-state index in [0.717, 1.165) is 18.9 Å². The Morgan fingerprint density at radius 2 is 1.79 bits per heavy atom. The molecule has 1 saturated heterocycles. The third-order valence-electron chi connectivity index (χ3n) is 6.60. The summed E-state index contributed by atoms with van der Waals surface area (Å²) in [6, 6.07) is 5.42. The van der Waals surface area contributed by atoms with Crippen molar-refractivity contribution in [1.82, 2.24) is 14.5 Å². The van der Waals surface area contributed by atoms with Gasteiger partial charge >= 0.3 is 0 Å². The van der Waals surface area contributed by atoms with Crippen molar-refractivity contribution in [3.05, 3.63) is 30.1 Å². The molecule has 1 saturated carbocycles. The van der Waals surface area contributed by atoms with Gasteiger partial charge in [0.05, 0.1) is 0 Å². The largest absolute Gasteiger partial charge is 0.354 e. The number of likely N-dealkylation sites (N-methyl/N-ethyl adjacent to an activating group) is 1. The first kappa shape index (κ1) is 22.2. The first-order valence-corrected chi connectivity index (χ1v) is 11.9. The molecule has 1 aromatic rings. The highest BCUT2D eigenvalue weighted by Gasteiger charge is 2.37. The van der Waals surface area contributed by atoms with Crippen LogP contribution in [0.5, 0.6) is 0 Å². The second kappa shape index (κ2) is 9.10. The van der Waals surface area contributed by atoms with Crippen LogP contribution >= 0.6 is 0 Å². The van der Waals surface area contributed by atoms with Crippen molar-refractivity contribution < 1.29 is 17.6 Å². The number of hydrogen-bond donors (Lipinski definition) is 1. The zero-order valence-corrected chi connectivity index (χ0v) is 18.2. The van der Waals surface area contributed by atoms with Crippen LogP contribution in [-0.4, -0.2) is 62.8 Å². The zero-order chi connectivity index (χ0) is 21.1. The summed E-state index contributed by atoms with van der Waals surface area (Å²) >= 11 is 0. The molecule has 3 rings (SSSR count). The SMILES string of the molecule is CN(C)C1(CNC(=O)C2CCN(S(=O)(=O)c3ccccc3F)CC2)CCCCC1. The van der Waals surface area contributed by atoms with Gasteiger partial charge in [-0.1, -0.05) is 31.4 Å². The van der Waals surface area contributed by atoms with Crippen molar-refractivity contribution in [2.45, 2.75) is 55.4 Å². The number of nitrogens with one attached hydrogen (secondary N) is 1. The van der Waals surface area contributed by atoms with Gasteiger partial charge in [-0.25, -0.2) is 12.8 Å².